The topological polar surface area (TPSA) is 87.5 Å². The number of nitrogens with zero attached hydrogens (tertiary/aromatic N) is 2. The average Bonchev–Trinajstić information content (AvgIpc) is 3.34. The van der Waals surface area contributed by atoms with Gasteiger partial charge in [-0.3, -0.25) is 9.59 Å². The Balaban J connectivity index is 1.22. The summed E-state index contributed by atoms with van der Waals surface area (Å²) in [5.41, 5.74) is 0.791. The van der Waals surface area contributed by atoms with Crippen LogP contribution < -0.4 is 10.6 Å². The van der Waals surface area contributed by atoms with E-state index in [1.807, 2.05) is 30.3 Å². The number of carbonyl (C=O) groups excluding carboxylic acids is 2. The van der Waals surface area contributed by atoms with Crippen molar-refractivity contribution in [2.75, 3.05) is 25.0 Å². The molecule has 2 aromatic carbocycles. The maximum Gasteiger partial charge on any atom is 0.416 e. The molecule has 178 valence electrons. The van der Waals surface area contributed by atoms with Gasteiger partial charge in [-0.1, -0.05) is 35.5 Å². The third kappa shape index (κ3) is 5.75. The summed E-state index contributed by atoms with van der Waals surface area (Å²) in [7, 11) is 0. The van der Waals surface area contributed by atoms with Crippen molar-refractivity contribution in [2.24, 2.45) is 0 Å². The summed E-state index contributed by atoms with van der Waals surface area (Å²) in [6.45, 7) is 0.799. The van der Waals surface area contributed by atoms with Crippen molar-refractivity contribution in [3.05, 3.63) is 71.9 Å². The van der Waals surface area contributed by atoms with E-state index in [1.54, 1.807) is 4.90 Å². The second-order valence-electron chi connectivity index (χ2n) is 8.00. The number of nitrogens with one attached hydrogen (secondary N) is 2. The number of hydrogen-bond donors (Lipinski definition) is 2. The van der Waals surface area contributed by atoms with Crippen molar-refractivity contribution in [2.45, 2.75) is 25.1 Å². The highest BCUT2D eigenvalue weighted by atomic mass is 19.4. The van der Waals surface area contributed by atoms with Crippen molar-refractivity contribution in [3.63, 3.8) is 0 Å². The maximum atomic E-state index is 12.7. The quantitative estimate of drug-likeness (QED) is 0.562. The van der Waals surface area contributed by atoms with Crippen molar-refractivity contribution in [3.8, 4) is 11.3 Å². The minimum atomic E-state index is -4.36. The van der Waals surface area contributed by atoms with Crippen LogP contribution in [0.25, 0.3) is 11.3 Å². The Kier molecular flexibility index (Phi) is 6.85. The molecule has 3 aromatic rings. The number of alkyl halides is 3. The lowest BCUT2D eigenvalue weighted by Gasteiger charge is -2.33. The first kappa shape index (κ1) is 23.3. The summed E-state index contributed by atoms with van der Waals surface area (Å²) in [5, 5.41) is 9.55. The minimum Gasteiger partial charge on any atom is -0.382 e. The zero-order valence-electron chi connectivity index (χ0n) is 18.1. The Hall–Kier alpha value is -3.82. The summed E-state index contributed by atoms with van der Waals surface area (Å²) in [6.07, 6.45) is -3.08. The number of benzene rings is 2. The summed E-state index contributed by atoms with van der Waals surface area (Å²) in [4.78, 5) is 26.5. The third-order valence-electron chi connectivity index (χ3n) is 5.63. The number of halogens is 3. The van der Waals surface area contributed by atoms with Crippen LogP contribution in [-0.2, 0) is 11.0 Å². The Bertz CT molecular complexity index is 1120. The Morgan fingerprint density at radius 1 is 1.03 bits per heavy atom. The molecule has 0 unspecified atom stereocenters. The molecule has 1 aliphatic heterocycles. The molecular formula is C24H23F3N4O3. The van der Waals surface area contributed by atoms with E-state index in [0.717, 1.165) is 17.7 Å². The first-order chi connectivity index (χ1) is 16.3. The largest absolute Gasteiger partial charge is 0.416 e. The van der Waals surface area contributed by atoms with Crippen LogP contribution in [0.2, 0.25) is 0 Å². The second kappa shape index (κ2) is 9.98. The molecule has 0 saturated carbocycles. The number of aromatic nitrogens is 1. The molecule has 10 heteroatoms. The van der Waals surface area contributed by atoms with Crippen LogP contribution in [0.4, 0.5) is 18.9 Å². The minimum absolute atomic E-state index is 0.0434. The number of rotatable bonds is 6. The molecule has 1 aromatic heterocycles. The van der Waals surface area contributed by atoms with Crippen molar-refractivity contribution >= 4 is 17.5 Å². The van der Waals surface area contributed by atoms with Crippen molar-refractivity contribution in [1.82, 2.24) is 15.4 Å². The van der Waals surface area contributed by atoms with Gasteiger partial charge in [-0.05, 0) is 37.1 Å². The van der Waals surface area contributed by atoms with Crippen molar-refractivity contribution in [1.29, 1.82) is 0 Å². The highest BCUT2D eigenvalue weighted by Gasteiger charge is 2.30. The van der Waals surface area contributed by atoms with Crippen LogP contribution in [0.15, 0.2) is 65.2 Å². The van der Waals surface area contributed by atoms with Gasteiger partial charge in [0.1, 0.15) is 0 Å². The average molecular weight is 472 g/mol. The van der Waals surface area contributed by atoms with Gasteiger partial charge in [0.05, 0.1) is 12.1 Å². The monoisotopic (exact) mass is 472 g/mol. The van der Waals surface area contributed by atoms with Gasteiger partial charge in [-0.15, -0.1) is 0 Å². The number of hydrogen-bond acceptors (Lipinski definition) is 5. The number of likely N-dealkylation sites (tertiary alicyclic amines) is 1. The summed E-state index contributed by atoms with van der Waals surface area (Å²) in [6, 6.07) is 15.7. The number of piperidine rings is 1. The molecule has 1 fully saturated rings. The van der Waals surface area contributed by atoms with Gasteiger partial charge in [0, 0.05) is 36.4 Å². The molecule has 0 aliphatic carbocycles. The lowest BCUT2D eigenvalue weighted by molar-refractivity contribution is -0.137. The molecule has 4 rings (SSSR count). The number of amides is 2. The van der Waals surface area contributed by atoms with Gasteiger partial charge >= 0.3 is 6.18 Å². The molecule has 34 heavy (non-hydrogen) atoms. The van der Waals surface area contributed by atoms with Gasteiger partial charge in [-0.2, -0.15) is 13.2 Å². The van der Waals surface area contributed by atoms with Gasteiger partial charge < -0.3 is 20.1 Å². The first-order valence-corrected chi connectivity index (χ1v) is 10.8. The lowest BCUT2D eigenvalue weighted by Crippen LogP contribution is -2.46. The van der Waals surface area contributed by atoms with E-state index < -0.39 is 17.6 Å². The van der Waals surface area contributed by atoms with Crippen LogP contribution in [0.1, 0.15) is 28.9 Å². The van der Waals surface area contributed by atoms with E-state index in [9.17, 15) is 22.8 Å². The maximum absolute atomic E-state index is 12.7. The standard InChI is InChI=1S/C24H23F3N4O3/c25-24(26,27)17-6-8-18(9-7-17)29-19-10-12-31(13-11-19)22(32)15-28-23(33)20-14-21(34-30-20)16-4-2-1-3-5-16/h1-9,14,19,29H,10-13,15H2,(H,28,33). The summed E-state index contributed by atoms with van der Waals surface area (Å²) in [5.74, 6) is -0.258. The van der Waals surface area contributed by atoms with E-state index >= 15 is 0 Å². The van der Waals surface area contributed by atoms with E-state index in [0.29, 0.717) is 37.4 Å². The van der Waals surface area contributed by atoms with Crippen LogP contribution in [-0.4, -0.2) is 47.5 Å². The van der Waals surface area contributed by atoms with E-state index in [1.165, 1.54) is 18.2 Å². The van der Waals surface area contributed by atoms with Crippen molar-refractivity contribution < 1.29 is 27.3 Å². The molecule has 1 saturated heterocycles. The van der Waals surface area contributed by atoms with Crippen LogP contribution >= 0.6 is 0 Å². The van der Waals surface area contributed by atoms with Crippen LogP contribution in [0.3, 0.4) is 0 Å². The van der Waals surface area contributed by atoms with Gasteiger partial charge in [0.25, 0.3) is 5.91 Å². The number of anilines is 1. The Morgan fingerprint density at radius 2 is 1.71 bits per heavy atom. The summed E-state index contributed by atoms with van der Waals surface area (Å²) < 4.78 is 43.3. The molecule has 0 bridgehead atoms. The molecule has 2 N–H and O–H groups in total. The third-order valence-corrected chi connectivity index (χ3v) is 5.63. The molecule has 0 atom stereocenters. The van der Waals surface area contributed by atoms with E-state index in [-0.39, 0.29) is 24.2 Å². The zero-order chi connectivity index (χ0) is 24.1. The SMILES string of the molecule is O=C(NCC(=O)N1CCC(Nc2ccc(C(F)(F)F)cc2)CC1)c1cc(-c2ccccc2)on1. The predicted molar refractivity (Wildman–Crippen MR) is 119 cm³/mol. The zero-order valence-corrected chi connectivity index (χ0v) is 18.1. The molecule has 2 amide bonds. The van der Waals surface area contributed by atoms with Gasteiger partial charge in [0.2, 0.25) is 5.91 Å². The molecule has 1 aliphatic rings. The lowest BCUT2D eigenvalue weighted by atomic mass is 10.0. The summed E-state index contributed by atoms with van der Waals surface area (Å²) >= 11 is 0. The van der Waals surface area contributed by atoms with Gasteiger partial charge in [0.15, 0.2) is 11.5 Å². The first-order valence-electron chi connectivity index (χ1n) is 10.8. The second-order valence-corrected chi connectivity index (χ2v) is 8.00. The van der Waals surface area contributed by atoms with Crippen LogP contribution in [0, 0.1) is 0 Å². The Morgan fingerprint density at radius 3 is 2.35 bits per heavy atom. The predicted octanol–water partition coefficient (Wildman–Crippen LogP) is 4.19. The molecule has 7 nitrogen and oxygen atoms in total. The fraction of sp³-hybridized carbons (Fsp3) is 0.292. The molecule has 2 heterocycles. The van der Waals surface area contributed by atoms with Crippen LogP contribution in [0.5, 0.6) is 0 Å². The fourth-order valence-corrected chi connectivity index (χ4v) is 3.74. The smallest absolute Gasteiger partial charge is 0.382 e. The van der Waals surface area contributed by atoms with Gasteiger partial charge in [-0.25, -0.2) is 0 Å². The Labute approximate surface area is 193 Å². The molecule has 0 spiro atoms. The highest BCUT2D eigenvalue weighted by molar-refractivity contribution is 5.95. The fourth-order valence-electron chi connectivity index (χ4n) is 3.74. The van der Waals surface area contributed by atoms with E-state index in [2.05, 4.69) is 15.8 Å². The normalized spacial score (nSPS) is 14.6. The highest BCUT2D eigenvalue weighted by Crippen LogP contribution is 2.30. The molecular weight excluding hydrogens is 449 g/mol. The number of carbonyl (C=O) groups is 2. The van der Waals surface area contributed by atoms with E-state index in [4.69, 9.17) is 4.52 Å². The molecule has 0 radical (unpaired) electrons.